The lowest BCUT2D eigenvalue weighted by atomic mass is 10.1. The van der Waals surface area contributed by atoms with Gasteiger partial charge in [-0.1, -0.05) is 6.07 Å². The number of carboxylic acids is 1. The van der Waals surface area contributed by atoms with Crippen LogP contribution in [-0.2, 0) is 11.3 Å². The summed E-state index contributed by atoms with van der Waals surface area (Å²) in [5.41, 5.74) is 0.439. The zero-order valence-electron chi connectivity index (χ0n) is 10.5. The van der Waals surface area contributed by atoms with Gasteiger partial charge in [-0.3, -0.25) is 4.79 Å². The summed E-state index contributed by atoms with van der Waals surface area (Å²) in [7, 11) is 0. The third kappa shape index (κ3) is 4.11. The Bertz CT molecular complexity index is 567. The lowest BCUT2D eigenvalue weighted by molar-refractivity contribution is -0.137. The summed E-state index contributed by atoms with van der Waals surface area (Å²) < 4.78 is 26.2. The van der Waals surface area contributed by atoms with Gasteiger partial charge in [0.15, 0.2) is 0 Å². The molecule has 0 aliphatic rings. The molecule has 2 rings (SSSR count). The first kappa shape index (κ1) is 14.6. The molecule has 0 saturated carbocycles. The van der Waals surface area contributed by atoms with Gasteiger partial charge in [-0.25, -0.2) is 8.78 Å². The minimum Gasteiger partial charge on any atom is -0.481 e. The molecular weight excluding hydrogens is 284 g/mol. The molecule has 106 valence electrons. The lowest BCUT2D eigenvalue weighted by Gasteiger charge is -2.15. The number of carboxylic acid groups (broad SMARTS) is 1. The van der Waals surface area contributed by atoms with Crippen LogP contribution in [0.2, 0.25) is 0 Å². The monoisotopic (exact) mass is 297 g/mol. The third-order valence-electron chi connectivity index (χ3n) is 2.74. The van der Waals surface area contributed by atoms with Crippen LogP contribution in [0.5, 0.6) is 0 Å². The van der Waals surface area contributed by atoms with Crippen LogP contribution in [0.25, 0.3) is 0 Å². The molecule has 1 aromatic carbocycles. The van der Waals surface area contributed by atoms with Crippen LogP contribution < -0.4 is 5.32 Å². The highest BCUT2D eigenvalue weighted by atomic mass is 32.1. The summed E-state index contributed by atoms with van der Waals surface area (Å²) in [5, 5.41) is 13.8. The first-order chi connectivity index (χ1) is 9.54. The number of halogens is 2. The van der Waals surface area contributed by atoms with Crippen LogP contribution in [0.4, 0.5) is 8.78 Å². The molecule has 0 amide bonds. The van der Waals surface area contributed by atoms with Crippen molar-refractivity contribution in [3.63, 3.8) is 0 Å². The van der Waals surface area contributed by atoms with E-state index >= 15 is 0 Å². The van der Waals surface area contributed by atoms with Gasteiger partial charge in [0.05, 0.1) is 12.5 Å². The Morgan fingerprint density at radius 1 is 1.30 bits per heavy atom. The largest absolute Gasteiger partial charge is 0.481 e. The van der Waals surface area contributed by atoms with E-state index in [2.05, 4.69) is 5.32 Å². The van der Waals surface area contributed by atoms with E-state index in [1.807, 2.05) is 17.5 Å². The zero-order chi connectivity index (χ0) is 14.5. The van der Waals surface area contributed by atoms with Crippen LogP contribution >= 0.6 is 11.3 Å². The standard InChI is InChI=1S/C14H13F2NO2S/c15-10-4-9(5-11(16)6-10)8-17-12(7-14(18)19)13-2-1-3-20-13/h1-6,12,17H,7-8H2,(H,18,19). The van der Waals surface area contributed by atoms with E-state index in [0.29, 0.717) is 5.56 Å². The van der Waals surface area contributed by atoms with E-state index in [4.69, 9.17) is 5.11 Å². The topological polar surface area (TPSA) is 49.3 Å². The van der Waals surface area contributed by atoms with E-state index in [-0.39, 0.29) is 19.0 Å². The van der Waals surface area contributed by atoms with Gasteiger partial charge in [-0.15, -0.1) is 11.3 Å². The number of rotatable bonds is 6. The second-order valence-corrected chi connectivity index (χ2v) is 5.30. The van der Waals surface area contributed by atoms with Crippen LogP contribution in [0.15, 0.2) is 35.7 Å². The Kier molecular flexibility index (Phi) is 4.81. The van der Waals surface area contributed by atoms with Crippen molar-refractivity contribution in [3.05, 3.63) is 57.8 Å². The Morgan fingerprint density at radius 2 is 2.00 bits per heavy atom. The Labute approximate surface area is 118 Å². The molecule has 0 aliphatic carbocycles. The molecule has 1 unspecified atom stereocenters. The molecular formula is C14H13F2NO2S. The van der Waals surface area contributed by atoms with Gasteiger partial charge in [0.1, 0.15) is 11.6 Å². The second-order valence-electron chi connectivity index (χ2n) is 4.32. The minimum absolute atomic E-state index is 0.0850. The fraction of sp³-hybridized carbons (Fsp3) is 0.214. The first-order valence-electron chi connectivity index (χ1n) is 5.98. The SMILES string of the molecule is O=C(O)CC(NCc1cc(F)cc(F)c1)c1cccs1. The molecule has 0 fully saturated rings. The third-order valence-corrected chi connectivity index (χ3v) is 3.73. The fourth-order valence-corrected chi connectivity index (χ4v) is 2.69. The highest BCUT2D eigenvalue weighted by Gasteiger charge is 2.16. The quantitative estimate of drug-likeness (QED) is 0.860. The fourth-order valence-electron chi connectivity index (χ4n) is 1.89. The highest BCUT2D eigenvalue weighted by Crippen LogP contribution is 2.22. The van der Waals surface area contributed by atoms with Gasteiger partial charge >= 0.3 is 5.97 Å². The predicted molar refractivity (Wildman–Crippen MR) is 72.5 cm³/mol. The lowest BCUT2D eigenvalue weighted by Crippen LogP contribution is -2.23. The Hall–Kier alpha value is -1.79. The normalized spacial score (nSPS) is 12.3. The van der Waals surface area contributed by atoms with E-state index in [0.717, 1.165) is 10.9 Å². The molecule has 3 nitrogen and oxygen atoms in total. The maximum atomic E-state index is 13.1. The molecule has 0 aliphatic heterocycles. The number of hydrogen-bond acceptors (Lipinski definition) is 3. The van der Waals surface area contributed by atoms with Gasteiger partial charge < -0.3 is 10.4 Å². The van der Waals surface area contributed by atoms with Crippen LogP contribution in [-0.4, -0.2) is 11.1 Å². The summed E-state index contributed by atoms with van der Waals surface area (Å²) in [6.07, 6.45) is -0.0850. The van der Waals surface area contributed by atoms with Crippen LogP contribution in [0.1, 0.15) is 22.9 Å². The number of benzene rings is 1. The molecule has 1 atom stereocenters. The average Bonchev–Trinajstić information content (AvgIpc) is 2.86. The molecule has 0 radical (unpaired) electrons. The van der Waals surface area contributed by atoms with E-state index in [9.17, 15) is 13.6 Å². The summed E-state index contributed by atoms with van der Waals surface area (Å²) in [6, 6.07) is 6.54. The number of hydrogen-bond donors (Lipinski definition) is 2. The zero-order valence-corrected chi connectivity index (χ0v) is 11.3. The second kappa shape index (κ2) is 6.58. The molecule has 1 aromatic heterocycles. The van der Waals surface area contributed by atoms with Gasteiger partial charge in [0, 0.05) is 17.5 Å². The molecule has 0 saturated heterocycles. The number of aliphatic carboxylic acids is 1. The number of thiophene rings is 1. The molecule has 0 spiro atoms. The van der Waals surface area contributed by atoms with Gasteiger partial charge in [-0.05, 0) is 29.1 Å². The van der Waals surface area contributed by atoms with E-state index in [1.165, 1.54) is 23.5 Å². The van der Waals surface area contributed by atoms with E-state index < -0.39 is 17.6 Å². The van der Waals surface area contributed by atoms with Crippen molar-refractivity contribution in [2.45, 2.75) is 19.0 Å². The van der Waals surface area contributed by atoms with Crippen molar-refractivity contribution in [1.29, 1.82) is 0 Å². The summed E-state index contributed by atoms with van der Waals surface area (Å²) in [4.78, 5) is 11.7. The van der Waals surface area contributed by atoms with Crippen molar-refractivity contribution < 1.29 is 18.7 Å². The maximum Gasteiger partial charge on any atom is 0.305 e. The van der Waals surface area contributed by atoms with Gasteiger partial charge in [0.25, 0.3) is 0 Å². The van der Waals surface area contributed by atoms with Gasteiger partial charge in [0.2, 0.25) is 0 Å². The molecule has 20 heavy (non-hydrogen) atoms. The summed E-state index contributed by atoms with van der Waals surface area (Å²) >= 11 is 1.44. The molecule has 1 heterocycles. The first-order valence-corrected chi connectivity index (χ1v) is 6.86. The molecule has 2 N–H and O–H groups in total. The van der Waals surface area contributed by atoms with Crippen LogP contribution in [0, 0.1) is 11.6 Å². The number of nitrogens with one attached hydrogen (secondary N) is 1. The predicted octanol–water partition coefficient (Wildman–Crippen LogP) is 3.33. The van der Waals surface area contributed by atoms with Crippen LogP contribution in [0.3, 0.4) is 0 Å². The molecule has 6 heteroatoms. The summed E-state index contributed by atoms with van der Waals surface area (Å²) in [5.74, 6) is -2.22. The number of carbonyl (C=O) groups is 1. The Balaban J connectivity index is 2.06. The minimum atomic E-state index is -0.929. The molecule has 0 bridgehead atoms. The summed E-state index contributed by atoms with van der Waals surface area (Å²) in [6.45, 7) is 0.199. The maximum absolute atomic E-state index is 13.1. The van der Waals surface area contributed by atoms with Crippen molar-refractivity contribution in [1.82, 2.24) is 5.32 Å². The smallest absolute Gasteiger partial charge is 0.305 e. The average molecular weight is 297 g/mol. The van der Waals surface area contributed by atoms with Crippen molar-refractivity contribution in [2.75, 3.05) is 0 Å². The highest BCUT2D eigenvalue weighted by molar-refractivity contribution is 7.10. The van der Waals surface area contributed by atoms with Crippen molar-refractivity contribution in [3.8, 4) is 0 Å². The van der Waals surface area contributed by atoms with E-state index in [1.54, 1.807) is 0 Å². The van der Waals surface area contributed by atoms with Gasteiger partial charge in [-0.2, -0.15) is 0 Å². The van der Waals surface area contributed by atoms with Crippen molar-refractivity contribution in [2.24, 2.45) is 0 Å². The molecule has 2 aromatic rings. The van der Waals surface area contributed by atoms with Crippen molar-refractivity contribution >= 4 is 17.3 Å². The Morgan fingerprint density at radius 3 is 2.55 bits per heavy atom.